The zero-order valence-corrected chi connectivity index (χ0v) is 13.1. The molecule has 0 saturated carbocycles. The number of ether oxygens (including phenoxy) is 1. The highest BCUT2D eigenvalue weighted by atomic mass is 79.9. The Labute approximate surface area is 123 Å². The van der Waals surface area contributed by atoms with Gasteiger partial charge < -0.3 is 9.64 Å². The first-order valence-electron chi connectivity index (χ1n) is 6.40. The summed E-state index contributed by atoms with van der Waals surface area (Å²) in [6, 6.07) is 1.97. The number of hydrogen-bond acceptors (Lipinski definition) is 3. The Morgan fingerprint density at radius 1 is 1.39 bits per heavy atom. The van der Waals surface area contributed by atoms with Crippen molar-refractivity contribution in [2.24, 2.45) is 5.41 Å². The van der Waals surface area contributed by atoms with Crippen molar-refractivity contribution in [1.82, 2.24) is 9.88 Å². The molecule has 3 unspecified atom stereocenters. The summed E-state index contributed by atoms with van der Waals surface area (Å²) in [5.74, 6) is 0.967. The lowest BCUT2D eigenvalue weighted by atomic mass is 9.73. The van der Waals surface area contributed by atoms with E-state index in [2.05, 4.69) is 41.7 Å². The Morgan fingerprint density at radius 3 is 3.17 bits per heavy atom. The molecular weight excluding hydrogens is 360 g/mol. The van der Waals surface area contributed by atoms with Gasteiger partial charge in [0.15, 0.2) is 5.75 Å². The number of rotatable bonds is 0. The van der Waals surface area contributed by atoms with Crippen LogP contribution in [0, 0.1) is 5.41 Å². The van der Waals surface area contributed by atoms with Gasteiger partial charge in [0.25, 0.3) is 0 Å². The zero-order valence-electron chi connectivity index (χ0n) is 9.96. The number of fused-ring (bicyclic) bond motifs is 2. The summed E-state index contributed by atoms with van der Waals surface area (Å²) in [6.45, 7) is 3.59. The zero-order chi connectivity index (χ0) is 12.3. The van der Waals surface area contributed by atoms with E-state index in [1.807, 2.05) is 6.07 Å². The number of piperidine rings is 1. The largest absolute Gasteiger partial charge is 0.487 e. The maximum Gasteiger partial charge on any atom is 0.155 e. The van der Waals surface area contributed by atoms with Gasteiger partial charge in [-0.1, -0.05) is 0 Å². The molecule has 3 atom stereocenters. The third-order valence-corrected chi connectivity index (χ3v) is 5.60. The maximum atomic E-state index is 6.29. The molecule has 1 spiro atoms. The smallest absolute Gasteiger partial charge is 0.155 e. The topological polar surface area (TPSA) is 25.4 Å². The predicted octanol–water partition coefficient (Wildman–Crippen LogP) is 3.01. The van der Waals surface area contributed by atoms with Crippen LogP contribution in [0.5, 0.6) is 5.75 Å². The van der Waals surface area contributed by atoms with Crippen LogP contribution in [0.15, 0.2) is 15.1 Å². The molecule has 2 saturated heterocycles. The summed E-state index contributed by atoms with van der Waals surface area (Å²) in [5.41, 5.74) is 1.43. The number of aromatic nitrogens is 1. The Kier molecular flexibility index (Phi) is 2.55. The third-order valence-electron chi connectivity index (χ3n) is 4.60. The molecule has 0 amide bonds. The fourth-order valence-corrected chi connectivity index (χ4v) is 5.02. The van der Waals surface area contributed by atoms with Crippen LogP contribution in [-0.4, -0.2) is 35.6 Å². The number of halogens is 2. The van der Waals surface area contributed by atoms with Gasteiger partial charge in [-0.15, -0.1) is 0 Å². The number of nitrogens with zero attached hydrogens (tertiary/aromatic N) is 2. The molecule has 2 fully saturated rings. The van der Waals surface area contributed by atoms with Crippen molar-refractivity contribution in [2.75, 3.05) is 19.6 Å². The minimum absolute atomic E-state index is 0.318. The molecule has 0 N–H and O–H groups in total. The summed E-state index contributed by atoms with van der Waals surface area (Å²) in [6.07, 6.45) is 3.84. The molecule has 96 valence electrons. The van der Waals surface area contributed by atoms with Gasteiger partial charge in [-0.2, -0.15) is 0 Å². The van der Waals surface area contributed by atoms with E-state index < -0.39 is 0 Å². The van der Waals surface area contributed by atoms with Crippen LogP contribution in [-0.2, 0) is 6.42 Å². The average Bonchev–Trinajstić information content (AvgIpc) is 2.64. The Hall–Kier alpha value is -0.130. The van der Waals surface area contributed by atoms with Crippen molar-refractivity contribution < 1.29 is 4.74 Å². The Bertz CT molecular complexity index is 522. The molecule has 4 rings (SSSR count). The number of hydrogen-bond donors (Lipinski definition) is 0. The van der Waals surface area contributed by atoms with Crippen LogP contribution < -0.4 is 4.74 Å². The van der Waals surface area contributed by atoms with Crippen LogP contribution in [0.25, 0.3) is 0 Å². The quantitative estimate of drug-likeness (QED) is 0.653. The normalized spacial score (nSPS) is 36.8. The molecule has 1 aromatic heterocycles. The van der Waals surface area contributed by atoms with E-state index in [-0.39, 0.29) is 0 Å². The van der Waals surface area contributed by atoms with Crippen molar-refractivity contribution >= 4 is 31.9 Å². The first-order valence-corrected chi connectivity index (χ1v) is 7.99. The molecular formula is C13H14Br2N2O. The van der Waals surface area contributed by atoms with Gasteiger partial charge in [-0.3, -0.25) is 0 Å². The van der Waals surface area contributed by atoms with Crippen molar-refractivity contribution in [3.8, 4) is 5.75 Å². The van der Waals surface area contributed by atoms with Crippen LogP contribution in [0.1, 0.15) is 18.5 Å². The van der Waals surface area contributed by atoms with Crippen LogP contribution in [0.2, 0.25) is 0 Å². The molecule has 3 aliphatic rings. The standard InChI is InChI=1S/C13H14Br2N2O/c14-8-5-11(15)16-9-6-13-2-4-17(7-13)3-1-10(13)18-12(8)9/h5,10H,1-4,6-7H2. The fourth-order valence-electron chi connectivity index (χ4n) is 3.73. The lowest BCUT2D eigenvalue weighted by molar-refractivity contribution is -0.00259. The van der Waals surface area contributed by atoms with Crippen molar-refractivity contribution in [2.45, 2.75) is 25.4 Å². The lowest BCUT2D eigenvalue weighted by Gasteiger charge is -2.45. The van der Waals surface area contributed by atoms with Gasteiger partial charge in [-0.25, -0.2) is 4.98 Å². The van der Waals surface area contributed by atoms with E-state index in [0.29, 0.717) is 11.5 Å². The minimum atomic E-state index is 0.318. The highest BCUT2D eigenvalue weighted by Gasteiger charge is 2.52. The van der Waals surface area contributed by atoms with Gasteiger partial charge in [0, 0.05) is 24.9 Å². The van der Waals surface area contributed by atoms with Gasteiger partial charge in [0.05, 0.1) is 10.2 Å². The second-order valence-electron chi connectivity index (χ2n) is 5.66. The molecule has 0 aromatic carbocycles. The second kappa shape index (κ2) is 3.93. The molecule has 2 bridgehead atoms. The van der Waals surface area contributed by atoms with E-state index in [9.17, 15) is 0 Å². The van der Waals surface area contributed by atoms with E-state index in [1.54, 1.807) is 0 Å². The van der Waals surface area contributed by atoms with Crippen LogP contribution in [0.4, 0.5) is 0 Å². The minimum Gasteiger partial charge on any atom is -0.487 e. The Morgan fingerprint density at radius 2 is 2.28 bits per heavy atom. The lowest BCUT2D eigenvalue weighted by Crippen LogP contribution is -2.51. The summed E-state index contributed by atoms with van der Waals surface area (Å²) >= 11 is 7.07. The van der Waals surface area contributed by atoms with Gasteiger partial charge in [-0.05, 0) is 57.3 Å². The second-order valence-corrected chi connectivity index (χ2v) is 7.33. The summed E-state index contributed by atoms with van der Waals surface area (Å²) < 4.78 is 8.19. The SMILES string of the molecule is Brc1cc(Br)c2c(n1)CC13CCN(CCC1O2)C3. The van der Waals surface area contributed by atoms with Crippen molar-refractivity contribution in [1.29, 1.82) is 0 Å². The molecule has 0 radical (unpaired) electrons. The molecule has 5 heteroatoms. The number of pyridine rings is 1. The highest BCUT2D eigenvalue weighted by Crippen LogP contribution is 2.49. The molecule has 4 heterocycles. The van der Waals surface area contributed by atoms with E-state index in [4.69, 9.17) is 4.74 Å². The monoisotopic (exact) mass is 372 g/mol. The summed E-state index contributed by atoms with van der Waals surface area (Å²) in [7, 11) is 0. The van der Waals surface area contributed by atoms with Gasteiger partial charge in [0.2, 0.25) is 0 Å². The molecule has 3 aliphatic heterocycles. The highest BCUT2D eigenvalue weighted by molar-refractivity contribution is 9.11. The molecule has 0 aliphatic carbocycles. The Balaban J connectivity index is 1.80. The van der Waals surface area contributed by atoms with Crippen LogP contribution in [0.3, 0.4) is 0 Å². The van der Waals surface area contributed by atoms with Gasteiger partial charge >= 0.3 is 0 Å². The summed E-state index contributed by atoms with van der Waals surface area (Å²) in [5, 5.41) is 0. The van der Waals surface area contributed by atoms with Gasteiger partial charge in [0.1, 0.15) is 10.7 Å². The van der Waals surface area contributed by atoms with E-state index in [0.717, 1.165) is 33.4 Å². The fraction of sp³-hybridized carbons (Fsp3) is 0.615. The average molecular weight is 374 g/mol. The summed E-state index contributed by atoms with van der Waals surface area (Å²) in [4.78, 5) is 7.19. The first kappa shape index (κ1) is 11.7. The molecule has 18 heavy (non-hydrogen) atoms. The third kappa shape index (κ3) is 1.60. The molecule has 3 nitrogen and oxygen atoms in total. The van der Waals surface area contributed by atoms with Crippen molar-refractivity contribution in [3.63, 3.8) is 0 Å². The van der Waals surface area contributed by atoms with Crippen LogP contribution >= 0.6 is 31.9 Å². The van der Waals surface area contributed by atoms with Crippen molar-refractivity contribution in [3.05, 3.63) is 20.8 Å². The van der Waals surface area contributed by atoms with E-state index in [1.165, 1.54) is 26.1 Å². The first-order chi connectivity index (χ1) is 8.66. The van der Waals surface area contributed by atoms with E-state index >= 15 is 0 Å². The maximum absolute atomic E-state index is 6.29. The molecule has 1 aromatic rings. The predicted molar refractivity (Wildman–Crippen MR) is 75.9 cm³/mol.